The fourth-order valence-electron chi connectivity index (χ4n) is 3.45. The smallest absolute Gasteiger partial charge is 0.317 e. The van der Waals surface area contributed by atoms with Gasteiger partial charge in [0.2, 0.25) is 5.88 Å². The second kappa shape index (κ2) is 10.7. The van der Waals surface area contributed by atoms with Crippen molar-refractivity contribution in [2.75, 3.05) is 13.1 Å². The van der Waals surface area contributed by atoms with E-state index in [-0.39, 0.29) is 6.03 Å². The third-order valence-electron chi connectivity index (χ3n) is 4.84. The molecule has 1 N–H and O–H groups in total. The largest absolute Gasteiger partial charge is 0.439 e. The third kappa shape index (κ3) is 5.87. The molecule has 0 unspecified atom stereocenters. The minimum absolute atomic E-state index is 0.0657. The van der Waals surface area contributed by atoms with Crippen LogP contribution in [0.4, 0.5) is 4.79 Å². The van der Waals surface area contributed by atoms with Crippen molar-refractivity contribution in [3.63, 3.8) is 0 Å². The van der Waals surface area contributed by atoms with Gasteiger partial charge in [-0.05, 0) is 24.5 Å². The number of hydrogen-bond donors (Lipinski definition) is 1. The summed E-state index contributed by atoms with van der Waals surface area (Å²) in [7, 11) is 1.87. The average molecular weight is 421 g/mol. The summed E-state index contributed by atoms with van der Waals surface area (Å²) >= 11 is 0. The van der Waals surface area contributed by atoms with Crippen LogP contribution in [0.2, 0.25) is 0 Å². The highest BCUT2D eigenvalue weighted by Gasteiger charge is 2.24. The first-order valence-electron chi connectivity index (χ1n) is 10.9. The number of urea groups is 1. The van der Waals surface area contributed by atoms with Crippen LogP contribution in [0.25, 0.3) is 11.3 Å². The number of benzene rings is 2. The molecule has 3 rings (SSSR count). The Hall–Kier alpha value is -3.28. The van der Waals surface area contributed by atoms with Gasteiger partial charge < -0.3 is 15.0 Å². The molecule has 0 radical (unpaired) electrons. The first kappa shape index (κ1) is 22.4. The molecule has 0 spiro atoms. The Balaban J connectivity index is 2.02. The summed E-state index contributed by atoms with van der Waals surface area (Å²) in [6, 6.07) is 19.6. The molecule has 0 aliphatic rings. The van der Waals surface area contributed by atoms with Crippen molar-refractivity contribution >= 4 is 6.03 Å². The fraction of sp³-hybridized carbons (Fsp3) is 0.360. The number of nitrogens with zero attached hydrogens (tertiary/aromatic N) is 3. The van der Waals surface area contributed by atoms with Gasteiger partial charge >= 0.3 is 6.03 Å². The van der Waals surface area contributed by atoms with E-state index in [0.29, 0.717) is 31.4 Å². The molecular weight excluding hydrogens is 388 g/mol. The van der Waals surface area contributed by atoms with E-state index in [1.807, 2.05) is 79.5 Å². The molecule has 31 heavy (non-hydrogen) atoms. The van der Waals surface area contributed by atoms with Crippen molar-refractivity contribution in [1.82, 2.24) is 20.0 Å². The van der Waals surface area contributed by atoms with Crippen molar-refractivity contribution in [1.29, 1.82) is 0 Å². The normalized spacial score (nSPS) is 10.9. The van der Waals surface area contributed by atoms with Crippen LogP contribution < -0.4 is 10.1 Å². The fourth-order valence-corrected chi connectivity index (χ4v) is 3.45. The van der Waals surface area contributed by atoms with Crippen LogP contribution in [0.5, 0.6) is 11.6 Å². The molecule has 2 aromatic carbocycles. The first-order chi connectivity index (χ1) is 15.0. The molecule has 0 fully saturated rings. The van der Waals surface area contributed by atoms with E-state index in [0.717, 1.165) is 29.0 Å². The van der Waals surface area contributed by atoms with Gasteiger partial charge in [-0.2, -0.15) is 5.10 Å². The van der Waals surface area contributed by atoms with Crippen molar-refractivity contribution in [2.45, 2.75) is 33.7 Å². The number of rotatable bonds is 9. The average Bonchev–Trinajstić information content (AvgIpc) is 3.07. The summed E-state index contributed by atoms with van der Waals surface area (Å²) < 4.78 is 8.00. The highest BCUT2D eigenvalue weighted by molar-refractivity contribution is 5.75. The standard InChI is InChI=1S/C25H32N4O2/c1-5-16-26-25(30)29(17-19(2)3)18-22-23(20-12-8-6-9-13-20)27-28(4)24(22)31-21-14-10-7-11-15-21/h6-15,19H,5,16-18H2,1-4H3,(H,26,30). The van der Waals surface area contributed by atoms with E-state index in [1.54, 1.807) is 4.68 Å². The van der Waals surface area contributed by atoms with Crippen molar-refractivity contribution in [3.05, 3.63) is 66.2 Å². The molecule has 1 aromatic heterocycles. The molecule has 0 bridgehead atoms. The van der Waals surface area contributed by atoms with Crippen LogP contribution in [0.1, 0.15) is 32.8 Å². The number of aromatic nitrogens is 2. The highest BCUT2D eigenvalue weighted by Crippen LogP contribution is 2.34. The Labute approximate surface area is 184 Å². The topological polar surface area (TPSA) is 59.4 Å². The molecular formula is C25H32N4O2. The highest BCUT2D eigenvalue weighted by atomic mass is 16.5. The van der Waals surface area contributed by atoms with E-state index in [9.17, 15) is 4.79 Å². The molecule has 0 atom stereocenters. The van der Waals surface area contributed by atoms with Gasteiger partial charge in [0.25, 0.3) is 0 Å². The van der Waals surface area contributed by atoms with E-state index in [2.05, 4.69) is 19.2 Å². The minimum Gasteiger partial charge on any atom is -0.439 e. The van der Waals surface area contributed by atoms with Gasteiger partial charge in [-0.3, -0.25) is 0 Å². The number of para-hydroxylation sites is 1. The summed E-state index contributed by atoms with van der Waals surface area (Å²) in [5.41, 5.74) is 2.71. The van der Waals surface area contributed by atoms with Gasteiger partial charge in [-0.15, -0.1) is 0 Å². The molecule has 1 heterocycles. The van der Waals surface area contributed by atoms with E-state index < -0.39 is 0 Å². The summed E-state index contributed by atoms with van der Waals surface area (Å²) in [6.07, 6.45) is 0.895. The Morgan fingerprint density at radius 3 is 2.35 bits per heavy atom. The third-order valence-corrected chi connectivity index (χ3v) is 4.84. The Morgan fingerprint density at radius 1 is 1.10 bits per heavy atom. The second-order valence-electron chi connectivity index (χ2n) is 8.04. The summed E-state index contributed by atoms with van der Waals surface area (Å²) in [5, 5.41) is 7.78. The van der Waals surface area contributed by atoms with E-state index in [4.69, 9.17) is 9.84 Å². The molecule has 6 nitrogen and oxygen atoms in total. The molecule has 6 heteroatoms. The molecule has 0 aliphatic heterocycles. The molecule has 0 saturated carbocycles. The predicted molar refractivity (Wildman–Crippen MR) is 124 cm³/mol. The van der Waals surface area contributed by atoms with Gasteiger partial charge in [-0.25, -0.2) is 9.48 Å². The van der Waals surface area contributed by atoms with Gasteiger partial charge in [0.1, 0.15) is 11.4 Å². The van der Waals surface area contributed by atoms with Crippen molar-refractivity contribution < 1.29 is 9.53 Å². The monoisotopic (exact) mass is 420 g/mol. The first-order valence-corrected chi connectivity index (χ1v) is 10.9. The number of nitrogens with one attached hydrogen (secondary N) is 1. The minimum atomic E-state index is -0.0657. The lowest BCUT2D eigenvalue weighted by molar-refractivity contribution is 0.187. The van der Waals surface area contributed by atoms with Gasteiger partial charge in [0, 0.05) is 25.7 Å². The van der Waals surface area contributed by atoms with Crippen LogP contribution in [-0.2, 0) is 13.6 Å². The van der Waals surface area contributed by atoms with E-state index in [1.165, 1.54) is 0 Å². The Bertz CT molecular complexity index is 968. The second-order valence-corrected chi connectivity index (χ2v) is 8.04. The van der Waals surface area contributed by atoms with Crippen LogP contribution >= 0.6 is 0 Å². The lowest BCUT2D eigenvalue weighted by atomic mass is 10.1. The summed E-state index contributed by atoms with van der Waals surface area (Å²) in [4.78, 5) is 14.8. The quantitative estimate of drug-likeness (QED) is 0.500. The van der Waals surface area contributed by atoms with Crippen molar-refractivity contribution in [2.24, 2.45) is 13.0 Å². The number of aryl methyl sites for hydroxylation is 1. The number of hydrogen-bond acceptors (Lipinski definition) is 3. The number of carbonyl (C=O) groups excluding carboxylic acids is 1. The maximum atomic E-state index is 12.9. The zero-order chi connectivity index (χ0) is 22.2. The van der Waals surface area contributed by atoms with Gasteiger partial charge in [0.15, 0.2) is 0 Å². The van der Waals surface area contributed by atoms with Crippen molar-refractivity contribution in [3.8, 4) is 22.9 Å². The molecule has 164 valence electrons. The van der Waals surface area contributed by atoms with Crippen LogP contribution in [0.3, 0.4) is 0 Å². The predicted octanol–water partition coefficient (Wildman–Crippen LogP) is 5.46. The zero-order valence-corrected chi connectivity index (χ0v) is 18.8. The van der Waals surface area contributed by atoms with Crippen LogP contribution in [-0.4, -0.2) is 33.8 Å². The maximum absolute atomic E-state index is 12.9. The maximum Gasteiger partial charge on any atom is 0.317 e. The zero-order valence-electron chi connectivity index (χ0n) is 18.8. The summed E-state index contributed by atoms with van der Waals surface area (Å²) in [5.74, 6) is 1.71. The Morgan fingerprint density at radius 2 is 1.74 bits per heavy atom. The molecule has 3 aromatic rings. The Kier molecular flexibility index (Phi) is 7.70. The lowest BCUT2D eigenvalue weighted by Crippen LogP contribution is -2.41. The molecule has 0 saturated heterocycles. The van der Waals surface area contributed by atoms with Crippen LogP contribution in [0.15, 0.2) is 60.7 Å². The molecule has 0 aliphatic carbocycles. The van der Waals surface area contributed by atoms with Gasteiger partial charge in [-0.1, -0.05) is 69.3 Å². The van der Waals surface area contributed by atoms with Gasteiger partial charge in [0.05, 0.1) is 12.1 Å². The number of ether oxygens (including phenoxy) is 1. The number of amides is 2. The number of carbonyl (C=O) groups is 1. The summed E-state index contributed by atoms with van der Waals surface area (Å²) in [6.45, 7) is 7.98. The molecule has 2 amide bonds. The SMILES string of the molecule is CCCNC(=O)N(Cc1c(-c2ccccc2)nn(C)c1Oc1ccccc1)CC(C)C. The lowest BCUT2D eigenvalue weighted by Gasteiger charge is -2.25. The van der Waals surface area contributed by atoms with Crippen LogP contribution in [0, 0.1) is 5.92 Å². The van der Waals surface area contributed by atoms with E-state index >= 15 is 0 Å².